The Labute approximate surface area is 165 Å². The van der Waals surface area contributed by atoms with Gasteiger partial charge in [-0.1, -0.05) is 18.2 Å². The minimum Gasteiger partial charge on any atom is -0.457 e. The fourth-order valence-corrected chi connectivity index (χ4v) is 2.61. The average molecular weight is 379 g/mol. The van der Waals surface area contributed by atoms with E-state index in [-0.39, 0.29) is 6.09 Å². The summed E-state index contributed by atoms with van der Waals surface area (Å²) >= 11 is 0. The predicted molar refractivity (Wildman–Crippen MR) is 108 cm³/mol. The third kappa shape index (κ3) is 5.13. The van der Waals surface area contributed by atoms with E-state index in [0.717, 1.165) is 22.8 Å². The molecular weight excluding hydrogens is 354 g/mol. The van der Waals surface area contributed by atoms with Gasteiger partial charge in [-0.05, 0) is 63.2 Å². The van der Waals surface area contributed by atoms with Crippen LogP contribution in [0.25, 0.3) is 11.3 Å². The molecule has 0 aliphatic carbocycles. The molecule has 0 aliphatic heterocycles. The van der Waals surface area contributed by atoms with Crippen LogP contribution in [0.2, 0.25) is 0 Å². The summed E-state index contributed by atoms with van der Waals surface area (Å²) in [4.78, 5) is 13.7. The Balaban J connectivity index is 1.70. The number of rotatable bonds is 5. The lowest BCUT2D eigenvalue weighted by Gasteiger charge is -2.25. The first-order valence-corrected chi connectivity index (χ1v) is 9.11. The van der Waals surface area contributed by atoms with Gasteiger partial charge in [0.15, 0.2) is 0 Å². The molecule has 3 rings (SSSR count). The molecule has 146 valence electrons. The Hall–Kier alpha value is -3.28. The molecule has 0 bridgehead atoms. The minimum atomic E-state index is -0.535. The topological polar surface area (TPSA) is 56.6 Å². The lowest BCUT2D eigenvalue weighted by Crippen LogP contribution is -2.35. The van der Waals surface area contributed by atoms with Crippen LogP contribution in [-0.4, -0.2) is 33.4 Å². The number of aromatic nitrogens is 2. The second-order valence-corrected chi connectivity index (χ2v) is 7.48. The molecule has 1 amide bonds. The largest absolute Gasteiger partial charge is 0.457 e. The van der Waals surface area contributed by atoms with Gasteiger partial charge in [0.1, 0.15) is 23.8 Å². The number of nitrogens with zero attached hydrogens (tertiary/aromatic N) is 3. The summed E-state index contributed by atoms with van der Waals surface area (Å²) in [7, 11) is 1.69. The van der Waals surface area contributed by atoms with Crippen LogP contribution >= 0.6 is 0 Å². The summed E-state index contributed by atoms with van der Waals surface area (Å²) in [5, 5.41) is 4.34. The zero-order chi connectivity index (χ0) is 20.1. The minimum absolute atomic E-state index is 0.291. The summed E-state index contributed by atoms with van der Waals surface area (Å²) in [5.74, 6) is 1.55. The van der Waals surface area contributed by atoms with Crippen molar-refractivity contribution in [1.29, 1.82) is 0 Å². The molecule has 0 spiro atoms. The fraction of sp³-hybridized carbons (Fsp3) is 0.273. The van der Waals surface area contributed by atoms with Gasteiger partial charge in [-0.2, -0.15) is 5.10 Å². The van der Waals surface area contributed by atoms with E-state index in [0.29, 0.717) is 6.67 Å². The molecule has 3 aromatic rings. The lowest BCUT2D eigenvalue weighted by molar-refractivity contribution is 0.0239. The Kier molecular flexibility index (Phi) is 5.68. The Morgan fingerprint density at radius 2 is 1.64 bits per heavy atom. The van der Waals surface area contributed by atoms with Crippen LogP contribution in [0.1, 0.15) is 20.8 Å². The highest BCUT2D eigenvalue weighted by atomic mass is 16.6. The maximum absolute atomic E-state index is 12.2. The van der Waals surface area contributed by atoms with E-state index in [9.17, 15) is 4.79 Å². The Bertz CT molecular complexity index is 912. The molecule has 6 heteroatoms. The van der Waals surface area contributed by atoms with Crippen molar-refractivity contribution in [3.63, 3.8) is 0 Å². The first-order chi connectivity index (χ1) is 13.3. The van der Waals surface area contributed by atoms with E-state index in [4.69, 9.17) is 9.47 Å². The van der Waals surface area contributed by atoms with Gasteiger partial charge in [0.05, 0.1) is 5.69 Å². The SMILES string of the molecule is CN(Cn1nccc1-c1ccc(Oc2ccccc2)cc1)C(=O)OC(C)(C)C. The van der Waals surface area contributed by atoms with Crippen molar-refractivity contribution in [2.45, 2.75) is 33.0 Å². The van der Waals surface area contributed by atoms with Gasteiger partial charge >= 0.3 is 6.09 Å². The van der Waals surface area contributed by atoms with E-state index >= 15 is 0 Å². The van der Waals surface area contributed by atoms with Crippen molar-refractivity contribution in [2.75, 3.05) is 7.05 Å². The molecule has 6 nitrogen and oxygen atoms in total. The van der Waals surface area contributed by atoms with Crippen molar-refractivity contribution in [2.24, 2.45) is 0 Å². The summed E-state index contributed by atoms with van der Waals surface area (Å²) in [6, 6.07) is 19.3. The van der Waals surface area contributed by atoms with E-state index in [1.807, 2.05) is 81.4 Å². The number of hydrogen-bond acceptors (Lipinski definition) is 4. The van der Waals surface area contributed by atoms with E-state index in [2.05, 4.69) is 5.10 Å². The molecule has 0 saturated carbocycles. The van der Waals surface area contributed by atoms with Gasteiger partial charge in [-0.3, -0.25) is 4.90 Å². The second-order valence-electron chi connectivity index (χ2n) is 7.48. The van der Waals surface area contributed by atoms with Gasteiger partial charge in [0.25, 0.3) is 0 Å². The van der Waals surface area contributed by atoms with Crippen LogP contribution in [0, 0.1) is 0 Å². The van der Waals surface area contributed by atoms with Gasteiger partial charge in [0, 0.05) is 18.8 Å². The third-order valence-electron chi connectivity index (χ3n) is 3.90. The quantitative estimate of drug-likeness (QED) is 0.614. The molecule has 0 saturated heterocycles. The molecule has 0 radical (unpaired) electrons. The van der Waals surface area contributed by atoms with E-state index < -0.39 is 5.60 Å². The molecule has 1 aromatic heterocycles. The van der Waals surface area contributed by atoms with Crippen molar-refractivity contribution < 1.29 is 14.3 Å². The van der Waals surface area contributed by atoms with Crippen LogP contribution in [0.3, 0.4) is 0 Å². The summed E-state index contributed by atoms with van der Waals surface area (Å²) < 4.78 is 13.0. The zero-order valence-corrected chi connectivity index (χ0v) is 16.6. The molecule has 0 fully saturated rings. The Morgan fingerprint density at radius 1 is 1.00 bits per heavy atom. The predicted octanol–water partition coefficient (Wildman–Crippen LogP) is 5.17. The van der Waals surface area contributed by atoms with E-state index in [1.165, 1.54) is 4.90 Å². The molecule has 0 aliphatic rings. The third-order valence-corrected chi connectivity index (χ3v) is 3.90. The zero-order valence-electron chi connectivity index (χ0n) is 16.6. The molecule has 2 aromatic carbocycles. The van der Waals surface area contributed by atoms with Crippen molar-refractivity contribution in [3.8, 4) is 22.8 Å². The first kappa shape index (κ1) is 19.5. The van der Waals surface area contributed by atoms with E-state index in [1.54, 1.807) is 17.9 Å². The van der Waals surface area contributed by atoms with Crippen LogP contribution in [0.15, 0.2) is 66.9 Å². The molecular formula is C22H25N3O3. The number of amides is 1. The van der Waals surface area contributed by atoms with Crippen LogP contribution in [0.4, 0.5) is 4.79 Å². The van der Waals surface area contributed by atoms with Gasteiger partial charge in [-0.15, -0.1) is 0 Å². The van der Waals surface area contributed by atoms with Gasteiger partial charge in [0.2, 0.25) is 0 Å². The average Bonchev–Trinajstić information content (AvgIpc) is 3.10. The van der Waals surface area contributed by atoms with Gasteiger partial charge < -0.3 is 9.47 Å². The van der Waals surface area contributed by atoms with Crippen molar-refractivity contribution >= 4 is 6.09 Å². The van der Waals surface area contributed by atoms with Crippen LogP contribution < -0.4 is 4.74 Å². The Morgan fingerprint density at radius 3 is 2.29 bits per heavy atom. The molecule has 1 heterocycles. The number of hydrogen-bond donors (Lipinski definition) is 0. The maximum Gasteiger partial charge on any atom is 0.411 e. The molecule has 28 heavy (non-hydrogen) atoms. The second kappa shape index (κ2) is 8.17. The number of benzene rings is 2. The number of para-hydroxylation sites is 1. The summed E-state index contributed by atoms with van der Waals surface area (Å²) in [5.41, 5.74) is 1.35. The highest BCUT2D eigenvalue weighted by molar-refractivity contribution is 5.67. The fourth-order valence-electron chi connectivity index (χ4n) is 2.61. The molecule has 0 N–H and O–H groups in total. The smallest absolute Gasteiger partial charge is 0.411 e. The maximum atomic E-state index is 12.2. The number of ether oxygens (including phenoxy) is 2. The van der Waals surface area contributed by atoms with Crippen molar-refractivity contribution in [3.05, 3.63) is 66.9 Å². The van der Waals surface area contributed by atoms with Gasteiger partial charge in [-0.25, -0.2) is 9.48 Å². The number of carbonyl (C=O) groups excluding carboxylic acids is 1. The summed E-state index contributed by atoms with van der Waals surface area (Å²) in [6.45, 7) is 5.82. The van der Waals surface area contributed by atoms with Crippen LogP contribution in [-0.2, 0) is 11.4 Å². The number of carbonyl (C=O) groups is 1. The molecule has 0 atom stereocenters. The van der Waals surface area contributed by atoms with Crippen LogP contribution in [0.5, 0.6) is 11.5 Å². The summed E-state index contributed by atoms with van der Waals surface area (Å²) in [6.07, 6.45) is 1.33. The highest BCUT2D eigenvalue weighted by Gasteiger charge is 2.20. The highest BCUT2D eigenvalue weighted by Crippen LogP contribution is 2.25. The monoisotopic (exact) mass is 379 g/mol. The first-order valence-electron chi connectivity index (χ1n) is 9.11. The van der Waals surface area contributed by atoms with Crippen molar-refractivity contribution in [1.82, 2.24) is 14.7 Å². The normalized spacial score (nSPS) is 11.1. The lowest BCUT2D eigenvalue weighted by atomic mass is 10.1. The standard InChI is InChI=1S/C22H25N3O3/c1-22(2,3)28-21(26)24(4)16-25-20(14-15-23-25)17-10-12-19(13-11-17)27-18-8-6-5-7-9-18/h5-15H,16H2,1-4H3. The molecule has 0 unspecified atom stereocenters.